The van der Waals surface area contributed by atoms with Gasteiger partial charge in [-0.1, -0.05) is 80.1 Å². The van der Waals surface area contributed by atoms with E-state index in [1.807, 2.05) is 75.4 Å². The van der Waals surface area contributed by atoms with Gasteiger partial charge in [0, 0.05) is 30.0 Å². The molecule has 3 rings (SSSR count). The Morgan fingerprint density at radius 2 is 1.60 bits per heavy atom. The predicted molar refractivity (Wildman–Crippen MR) is 141 cm³/mol. The number of benzene rings is 3. The number of carbonyl (C=O) groups is 2. The molecule has 3 aromatic rings. The number of nitrogens with one attached hydrogen (secondary N) is 1. The molecule has 35 heavy (non-hydrogen) atoms. The number of carbonyl (C=O) groups excluding carboxylic acids is 2. The maximum Gasteiger partial charge on any atom is 0.243 e. The van der Waals surface area contributed by atoms with Gasteiger partial charge >= 0.3 is 0 Å². The molecule has 0 unspecified atom stereocenters. The first-order valence-electron chi connectivity index (χ1n) is 11.9. The summed E-state index contributed by atoms with van der Waals surface area (Å²) in [6.45, 7) is 6.58. The van der Waals surface area contributed by atoms with Crippen LogP contribution in [0.4, 0.5) is 4.39 Å². The van der Waals surface area contributed by atoms with Gasteiger partial charge in [-0.05, 0) is 36.6 Å². The van der Waals surface area contributed by atoms with Crippen LogP contribution in [-0.4, -0.2) is 35.1 Å². The zero-order chi connectivity index (χ0) is 25.2. The van der Waals surface area contributed by atoms with Crippen molar-refractivity contribution in [1.82, 2.24) is 10.2 Å². The second-order valence-electron chi connectivity index (χ2n) is 9.06. The van der Waals surface area contributed by atoms with Gasteiger partial charge in [-0.25, -0.2) is 4.39 Å². The maximum atomic E-state index is 14.6. The monoisotopic (exact) mass is 492 g/mol. The number of aryl methyl sites for hydroxylation is 1. The molecule has 0 aliphatic heterocycles. The number of hydrogen-bond donors (Lipinski definition) is 1. The van der Waals surface area contributed by atoms with Gasteiger partial charge in [-0.3, -0.25) is 9.59 Å². The molecule has 0 aliphatic carbocycles. The molecule has 0 aliphatic rings. The van der Waals surface area contributed by atoms with Gasteiger partial charge in [0.25, 0.3) is 0 Å². The fourth-order valence-corrected chi connectivity index (χ4v) is 4.43. The Labute approximate surface area is 211 Å². The van der Waals surface area contributed by atoms with Crippen molar-refractivity contribution in [2.45, 2.75) is 44.7 Å². The highest BCUT2D eigenvalue weighted by Gasteiger charge is 2.31. The molecule has 3 aromatic carbocycles. The molecule has 4 nitrogen and oxygen atoms in total. The summed E-state index contributed by atoms with van der Waals surface area (Å²) >= 11 is 1.42. The molecule has 6 heteroatoms. The molecule has 0 heterocycles. The van der Waals surface area contributed by atoms with E-state index in [9.17, 15) is 14.0 Å². The van der Waals surface area contributed by atoms with Crippen LogP contribution in [-0.2, 0) is 22.6 Å². The predicted octanol–water partition coefficient (Wildman–Crippen LogP) is 5.64. The van der Waals surface area contributed by atoms with Crippen LogP contribution in [0.15, 0.2) is 83.8 Å². The number of amides is 2. The molecule has 0 spiro atoms. The molecule has 0 aromatic heterocycles. The van der Waals surface area contributed by atoms with Crippen LogP contribution in [0.5, 0.6) is 0 Å². The number of hydrogen-bond acceptors (Lipinski definition) is 3. The topological polar surface area (TPSA) is 49.4 Å². The second-order valence-corrected chi connectivity index (χ2v) is 10.1. The minimum absolute atomic E-state index is 0.0204. The van der Waals surface area contributed by atoms with Gasteiger partial charge in [-0.15, -0.1) is 11.8 Å². The van der Waals surface area contributed by atoms with E-state index in [1.54, 1.807) is 18.2 Å². The molecule has 0 saturated heterocycles. The van der Waals surface area contributed by atoms with Crippen molar-refractivity contribution in [2.75, 3.05) is 12.3 Å². The van der Waals surface area contributed by atoms with E-state index in [4.69, 9.17) is 0 Å². The Morgan fingerprint density at radius 1 is 0.943 bits per heavy atom. The minimum atomic E-state index is -0.762. The summed E-state index contributed by atoms with van der Waals surface area (Å²) in [5, 5.41) is 2.98. The van der Waals surface area contributed by atoms with Crippen LogP contribution >= 0.6 is 11.8 Å². The van der Waals surface area contributed by atoms with E-state index in [1.165, 1.54) is 22.7 Å². The van der Waals surface area contributed by atoms with Crippen molar-refractivity contribution in [3.05, 3.63) is 101 Å². The van der Waals surface area contributed by atoms with Crippen LogP contribution in [0, 0.1) is 18.7 Å². The highest BCUT2D eigenvalue weighted by molar-refractivity contribution is 8.00. The van der Waals surface area contributed by atoms with Gasteiger partial charge in [0.1, 0.15) is 11.9 Å². The van der Waals surface area contributed by atoms with E-state index in [0.717, 1.165) is 16.0 Å². The third-order valence-corrected chi connectivity index (χ3v) is 6.63. The lowest BCUT2D eigenvalue weighted by atomic mass is 10.0. The van der Waals surface area contributed by atoms with Crippen LogP contribution in [0.1, 0.15) is 30.5 Å². The molecule has 0 bridgehead atoms. The molecule has 1 atom stereocenters. The largest absolute Gasteiger partial charge is 0.354 e. The Hall–Kier alpha value is -3.12. The molecular formula is C29H33FN2O2S. The van der Waals surface area contributed by atoms with Crippen LogP contribution in [0.3, 0.4) is 0 Å². The Morgan fingerprint density at radius 3 is 2.26 bits per heavy atom. The van der Waals surface area contributed by atoms with Gasteiger partial charge in [0.2, 0.25) is 11.8 Å². The summed E-state index contributed by atoms with van der Waals surface area (Å²) in [4.78, 5) is 29.5. The van der Waals surface area contributed by atoms with E-state index in [-0.39, 0.29) is 30.0 Å². The standard InChI is InChI=1S/C29H33FN2O2S/c1-21(2)18-31-29(34)27(17-23-9-5-4-6-10-23)32(19-24-11-7-8-12-26(24)30)28(33)20-35-25-15-13-22(3)14-16-25/h4-16,21,27H,17-20H2,1-3H3,(H,31,34)/t27-/m0/s1. The molecule has 184 valence electrons. The zero-order valence-electron chi connectivity index (χ0n) is 20.5. The quantitative estimate of drug-likeness (QED) is 0.353. The van der Waals surface area contributed by atoms with E-state index >= 15 is 0 Å². The average molecular weight is 493 g/mol. The smallest absolute Gasteiger partial charge is 0.243 e. The van der Waals surface area contributed by atoms with Crippen molar-refractivity contribution in [3.63, 3.8) is 0 Å². The maximum absolute atomic E-state index is 14.6. The Kier molecular flexibility index (Phi) is 9.91. The SMILES string of the molecule is Cc1ccc(SCC(=O)N(Cc2ccccc2F)[C@@H](Cc2ccccc2)C(=O)NCC(C)C)cc1. The fourth-order valence-electron chi connectivity index (χ4n) is 3.65. The molecule has 0 fully saturated rings. The van der Waals surface area contributed by atoms with E-state index in [2.05, 4.69) is 5.32 Å². The molecule has 0 saturated carbocycles. The summed E-state index contributed by atoms with van der Waals surface area (Å²) in [5.74, 6) is -0.408. The lowest BCUT2D eigenvalue weighted by molar-refractivity contribution is -0.139. The molecule has 1 N–H and O–H groups in total. The highest BCUT2D eigenvalue weighted by atomic mass is 32.2. The zero-order valence-corrected chi connectivity index (χ0v) is 21.4. The van der Waals surface area contributed by atoms with Crippen LogP contribution in [0.2, 0.25) is 0 Å². The Balaban J connectivity index is 1.90. The summed E-state index contributed by atoms with van der Waals surface area (Å²) < 4.78 is 14.6. The van der Waals surface area contributed by atoms with Crippen molar-refractivity contribution in [3.8, 4) is 0 Å². The summed E-state index contributed by atoms with van der Waals surface area (Å²) in [5.41, 5.74) is 2.47. The minimum Gasteiger partial charge on any atom is -0.354 e. The number of rotatable bonds is 11. The highest BCUT2D eigenvalue weighted by Crippen LogP contribution is 2.22. The third-order valence-electron chi connectivity index (χ3n) is 5.64. The van der Waals surface area contributed by atoms with Crippen molar-refractivity contribution >= 4 is 23.6 Å². The first kappa shape index (κ1) is 26.5. The van der Waals surface area contributed by atoms with Crippen LogP contribution in [0.25, 0.3) is 0 Å². The average Bonchev–Trinajstić information content (AvgIpc) is 2.85. The van der Waals surface area contributed by atoms with Crippen LogP contribution < -0.4 is 5.32 Å². The van der Waals surface area contributed by atoms with Gasteiger partial charge in [0.15, 0.2) is 0 Å². The molecular weight excluding hydrogens is 459 g/mol. The summed E-state index contributed by atoms with van der Waals surface area (Å²) in [6, 6.07) is 23.2. The lowest BCUT2D eigenvalue weighted by Gasteiger charge is -2.32. The number of halogens is 1. The lowest BCUT2D eigenvalue weighted by Crippen LogP contribution is -2.51. The van der Waals surface area contributed by atoms with E-state index < -0.39 is 11.9 Å². The van der Waals surface area contributed by atoms with Crippen molar-refractivity contribution in [2.24, 2.45) is 5.92 Å². The third kappa shape index (κ3) is 8.25. The van der Waals surface area contributed by atoms with Crippen molar-refractivity contribution < 1.29 is 14.0 Å². The second kappa shape index (κ2) is 13.1. The summed E-state index contributed by atoms with van der Waals surface area (Å²) in [7, 11) is 0. The Bertz CT molecular complexity index is 1100. The summed E-state index contributed by atoms with van der Waals surface area (Å²) in [6.07, 6.45) is 0.347. The van der Waals surface area contributed by atoms with Gasteiger partial charge in [-0.2, -0.15) is 0 Å². The first-order chi connectivity index (χ1) is 16.8. The number of nitrogens with zero attached hydrogens (tertiary/aromatic N) is 1. The van der Waals surface area contributed by atoms with E-state index in [0.29, 0.717) is 18.5 Å². The molecule has 2 amide bonds. The normalized spacial score (nSPS) is 11.8. The van der Waals surface area contributed by atoms with Crippen molar-refractivity contribution in [1.29, 1.82) is 0 Å². The van der Waals surface area contributed by atoms with Gasteiger partial charge < -0.3 is 10.2 Å². The fraction of sp³-hybridized carbons (Fsp3) is 0.310. The molecule has 0 radical (unpaired) electrons. The first-order valence-corrected chi connectivity index (χ1v) is 12.9. The number of thioether (sulfide) groups is 1. The van der Waals surface area contributed by atoms with Gasteiger partial charge in [0.05, 0.1) is 5.75 Å².